The summed E-state index contributed by atoms with van der Waals surface area (Å²) in [5.74, 6) is -2.12. The molecule has 0 unspecified atom stereocenters. The predicted octanol–water partition coefficient (Wildman–Crippen LogP) is 2.91. The minimum Gasteiger partial charge on any atom is -0.468 e. The molecule has 3 aromatic rings. The summed E-state index contributed by atoms with van der Waals surface area (Å²) in [6.45, 7) is 0.360. The molecule has 4 heterocycles. The van der Waals surface area contributed by atoms with Gasteiger partial charge in [0.2, 0.25) is 5.82 Å². The van der Waals surface area contributed by atoms with Crippen LogP contribution in [0, 0.1) is 17.5 Å². The van der Waals surface area contributed by atoms with Crippen molar-refractivity contribution in [2.45, 2.75) is 18.6 Å². The number of carbonyl (C=O) groups excluding carboxylic acids is 1. The molecule has 1 atom stereocenters. The lowest BCUT2D eigenvalue weighted by atomic mass is 10.0. The van der Waals surface area contributed by atoms with Crippen LogP contribution in [0.5, 0.6) is 5.88 Å². The van der Waals surface area contributed by atoms with Gasteiger partial charge in [-0.15, -0.1) is 0 Å². The second kappa shape index (κ2) is 8.19. The molecule has 2 aromatic heterocycles. The fourth-order valence-corrected chi connectivity index (χ4v) is 3.77. The standard InChI is InChI=1S/C21H18F3N7O2/c1-29-18(3-4-26-29)19-25-9-16(24)20(28-19)33-15-10-30(11-15)21(32)31-17(2-5-27-31)12-6-13(22)8-14(23)7-12/h3-9,15,17H,2,10-11H2,1H3/t17-/m0/s1. The van der Waals surface area contributed by atoms with Gasteiger partial charge in [0.15, 0.2) is 5.82 Å². The van der Waals surface area contributed by atoms with E-state index in [2.05, 4.69) is 20.2 Å². The zero-order chi connectivity index (χ0) is 23.1. The number of carbonyl (C=O) groups is 1. The third-order valence-corrected chi connectivity index (χ3v) is 5.45. The highest BCUT2D eigenvalue weighted by molar-refractivity contribution is 5.79. The number of hydrazone groups is 1. The van der Waals surface area contributed by atoms with Crippen molar-refractivity contribution >= 4 is 12.2 Å². The van der Waals surface area contributed by atoms with Crippen LogP contribution in [0.25, 0.3) is 11.5 Å². The smallest absolute Gasteiger partial charge is 0.341 e. The van der Waals surface area contributed by atoms with Crippen LogP contribution in [0.3, 0.4) is 0 Å². The van der Waals surface area contributed by atoms with E-state index in [1.54, 1.807) is 24.0 Å². The molecule has 2 aliphatic heterocycles. The molecule has 1 saturated heterocycles. The molecule has 170 valence electrons. The monoisotopic (exact) mass is 457 g/mol. The summed E-state index contributed by atoms with van der Waals surface area (Å²) in [4.78, 5) is 22.4. The van der Waals surface area contributed by atoms with Crippen LogP contribution in [0.15, 0.2) is 41.8 Å². The van der Waals surface area contributed by atoms with Crippen molar-refractivity contribution in [3.63, 3.8) is 0 Å². The van der Waals surface area contributed by atoms with Crippen LogP contribution in [0.2, 0.25) is 0 Å². The fourth-order valence-electron chi connectivity index (χ4n) is 3.77. The van der Waals surface area contributed by atoms with Crippen LogP contribution in [0.4, 0.5) is 18.0 Å². The van der Waals surface area contributed by atoms with E-state index in [1.165, 1.54) is 28.3 Å². The van der Waals surface area contributed by atoms with E-state index in [4.69, 9.17) is 4.74 Å². The van der Waals surface area contributed by atoms with Crippen molar-refractivity contribution in [2.75, 3.05) is 13.1 Å². The Morgan fingerprint density at radius 1 is 1.15 bits per heavy atom. The van der Waals surface area contributed by atoms with Gasteiger partial charge in [-0.2, -0.15) is 19.6 Å². The number of benzene rings is 1. The Hall–Kier alpha value is -3.96. The van der Waals surface area contributed by atoms with Crippen molar-refractivity contribution in [2.24, 2.45) is 12.1 Å². The lowest BCUT2D eigenvalue weighted by molar-refractivity contribution is 0.0230. The number of rotatable bonds is 4. The van der Waals surface area contributed by atoms with Crippen molar-refractivity contribution in [1.82, 2.24) is 29.7 Å². The summed E-state index contributed by atoms with van der Waals surface area (Å²) < 4.78 is 48.6. The van der Waals surface area contributed by atoms with E-state index in [9.17, 15) is 18.0 Å². The molecular formula is C21H18F3N7O2. The quantitative estimate of drug-likeness (QED) is 0.601. The van der Waals surface area contributed by atoms with Gasteiger partial charge in [0.05, 0.1) is 25.3 Å². The van der Waals surface area contributed by atoms with E-state index in [1.807, 2.05) is 0 Å². The van der Waals surface area contributed by atoms with Crippen LogP contribution >= 0.6 is 0 Å². The average molecular weight is 457 g/mol. The maximum atomic E-state index is 14.2. The maximum Gasteiger partial charge on any atom is 0.341 e. The molecular weight excluding hydrogens is 439 g/mol. The van der Waals surface area contributed by atoms with E-state index in [-0.39, 0.29) is 24.8 Å². The molecule has 0 radical (unpaired) electrons. The molecule has 9 nitrogen and oxygen atoms in total. The predicted molar refractivity (Wildman–Crippen MR) is 110 cm³/mol. The second-order valence-electron chi connectivity index (χ2n) is 7.71. The van der Waals surface area contributed by atoms with Gasteiger partial charge < -0.3 is 9.64 Å². The Labute approximate surface area is 186 Å². The number of hydrogen-bond acceptors (Lipinski definition) is 6. The minimum atomic E-state index is -0.723. The van der Waals surface area contributed by atoms with E-state index in [0.29, 0.717) is 17.7 Å². The van der Waals surface area contributed by atoms with Gasteiger partial charge in [0.1, 0.15) is 23.4 Å². The summed E-state index contributed by atoms with van der Waals surface area (Å²) in [5.41, 5.74) is 0.911. The Bertz CT molecular complexity index is 1220. The number of hydrogen-bond donors (Lipinski definition) is 0. The summed E-state index contributed by atoms with van der Waals surface area (Å²) >= 11 is 0. The van der Waals surface area contributed by atoms with Gasteiger partial charge in [-0.25, -0.2) is 23.6 Å². The molecule has 2 aliphatic rings. The zero-order valence-electron chi connectivity index (χ0n) is 17.4. The first-order chi connectivity index (χ1) is 15.9. The maximum absolute atomic E-state index is 14.2. The number of likely N-dealkylation sites (tertiary alicyclic amines) is 1. The van der Waals surface area contributed by atoms with Crippen LogP contribution < -0.4 is 4.74 Å². The molecule has 2 amide bonds. The zero-order valence-corrected chi connectivity index (χ0v) is 17.4. The number of urea groups is 1. The second-order valence-corrected chi connectivity index (χ2v) is 7.71. The third-order valence-electron chi connectivity index (χ3n) is 5.45. The van der Waals surface area contributed by atoms with Crippen LogP contribution in [-0.2, 0) is 7.05 Å². The highest BCUT2D eigenvalue weighted by Crippen LogP contribution is 2.31. The van der Waals surface area contributed by atoms with Gasteiger partial charge in [0.25, 0.3) is 5.88 Å². The van der Waals surface area contributed by atoms with Gasteiger partial charge in [-0.1, -0.05) is 0 Å². The lowest BCUT2D eigenvalue weighted by Gasteiger charge is -2.40. The highest BCUT2D eigenvalue weighted by atomic mass is 19.1. The number of aromatic nitrogens is 4. The van der Waals surface area contributed by atoms with Crippen molar-refractivity contribution in [1.29, 1.82) is 0 Å². The number of ether oxygens (including phenoxy) is 1. The summed E-state index contributed by atoms with van der Waals surface area (Å²) in [6.07, 6.45) is 3.98. The first kappa shape index (κ1) is 20.9. The van der Waals surface area contributed by atoms with Gasteiger partial charge in [0, 0.05) is 31.9 Å². The van der Waals surface area contributed by atoms with Crippen molar-refractivity contribution < 1.29 is 22.7 Å². The van der Waals surface area contributed by atoms with Gasteiger partial charge >= 0.3 is 6.03 Å². The Balaban J connectivity index is 1.24. The molecule has 33 heavy (non-hydrogen) atoms. The topological polar surface area (TPSA) is 88.7 Å². The molecule has 12 heteroatoms. The van der Waals surface area contributed by atoms with E-state index in [0.717, 1.165) is 12.3 Å². The van der Waals surface area contributed by atoms with Crippen LogP contribution in [-0.4, -0.2) is 61.1 Å². The first-order valence-electron chi connectivity index (χ1n) is 10.1. The summed E-state index contributed by atoms with van der Waals surface area (Å²) in [7, 11) is 1.71. The first-order valence-corrected chi connectivity index (χ1v) is 10.1. The Morgan fingerprint density at radius 2 is 1.91 bits per heavy atom. The normalized spacial score (nSPS) is 18.0. The number of halogens is 3. The molecule has 0 saturated carbocycles. The number of aryl methyl sites for hydroxylation is 1. The highest BCUT2D eigenvalue weighted by Gasteiger charge is 2.39. The fraction of sp³-hybridized carbons (Fsp3) is 0.286. The van der Waals surface area contributed by atoms with E-state index < -0.39 is 35.6 Å². The third kappa shape index (κ3) is 3.99. The van der Waals surface area contributed by atoms with Crippen molar-refractivity contribution in [3.05, 3.63) is 59.7 Å². The minimum absolute atomic E-state index is 0.180. The molecule has 0 aliphatic carbocycles. The lowest BCUT2D eigenvalue weighted by Crippen LogP contribution is -2.59. The number of amides is 2. The van der Waals surface area contributed by atoms with Crippen LogP contribution in [0.1, 0.15) is 18.0 Å². The molecule has 5 rings (SSSR count). The SMILES string of the molecule is Cn1nccc1-c1ncc(F)c(OC2CN(C(=O)N3N=CC[C@H]3c3cc(F)cc(F)c3)C2)n1. The van der Waals surface area contributed by atoms with Gasteiger partial charge in [-0.05, 0) is 23.8 Å². The van der Waals surface area contributed by atoms with Gasteiger partial charge in [-0.3, -0.25) is 4.68 Å². The summed E-state index contributed by atoms with van der Waals surface area (Å²) in [6, 6.07) is 3.79. The summed E-state index contributed by atoms with van der Waals surface area (Å²) in [5, 5.41) is 9.30. The number of nitrogens with zero attached hydrogens (tertiary/aromatic N) is 7. The average Bonchev–Trinajstić information content (AvgIpc) is 3.39. The molecule has 1 fully saturated rings. The molecule has 0 spiro atoms. The van der Waals surface area contributed by atoms with E-state index >= 15 is 0 Å². The molecule has 1 aromatic carbocycles. The Morgan fingerprint density at radius 3 is 2.61 bits per heavy atom. The Kier molecular flexibility index (Phi) is 5.19. The largest absolute Gasteiger partial charge is 0.468 e. The molecule has 0 bridgehead atoms. The van der Waals surface area contributed by atoms with Crippen molar-refractivity contribution in [3.8, 4) is 17.4 Å². The molecule has 0 N–H and O–H groups in total.